The van der Waals surface area contributed by atoms with Crippen molar-refractivity contribution in [2.45, 2.75) is 31.2 Å². The van der Waals surface area contributed by atoms with Crippen LogP contribution in [0, 0.1) is 0 Å². The second-order valence-electron chi connectivity index (χ2n) is 7.35. The molecule has 0 fully saturated rings. The predicted molar refractivity (Wildman–Crippen MR) is 116 cm³/mol. The molecule has 4 rings (SSSR count). The smallest absolute Gasteiger partial charge is 0.243 e. The van der Waals surface area contributed by atoms with E-state index in [-0.39, 0.29) is 23.2 Å². The highest BCUT2D eigenvalue weighted by Gasteiger charge is 2.27. The summed E-state index contributed by atoms with van der Waals surface area (Å²) in [5, 5.41) is 4.46. The number of aryl methyl sites for hydroxylation is 1. The number of hydrogen-bond acceptors (Lipinski definition) is 6. The van der Waals surface area contributed by atoms with Crippen LogP contribution in [0.15, 0.2) is 51.9 Å². The van der Waals surface area contributed by atoms with E-state index in [4.69, 9.17) is 16.1 Å². The van der Waals surface area contributed by atoms with Gasteiger partial charge in [0, 0.05) is 36.8 Å². The molecule has 0 atom stereocenters. The van der Waals surface area contributed by atoms with Crippen molar-refractivity contribution < 1.29 is 17.7 Å². The molecule has 1 aliphatic heterocycles. The lowest BCUT2D eigenvalue weighted by Gasteiger charge is -2.29. The Bertz CT molecular complexity index is 1240. The largest absolute Gasteiger partial charge is 0.338 e. The Hall–Kier alpha value is -2.75. The zero-order valence-corrected chi connectivity index (χ0v) is 18.7. The van der Waals surface area contributed by atoms with Crippen LogP contribution < -0.4 is 4.90 Å². The first-order chi connectivity index (χ1) is 14.8. The molecule has 2 heterocycles. The summed E-state index contributed by atoms with van der Waals surface area (Å²) in [6.45, 7) is 2.07. The average Bonchev–Trinajstić information content (AvgIpc) is 3.21. The van der Waals surface area contributed by atoms with E-state index in [1.807, 2.05) is 0 Å². The third-order valence-corrected chi connectivity index (χ3v) is 7.20. The number of aromatic nitrogens is 2. The van der Waals surface area contributed by atoms with Gasteiger partial charge in [-0.25, -0.2) is 8.42 Å². The minimum atomic E-state index is -3.79. The summed E-state index contributed by atoms with van der Waals surface area (Å²) in [4.78, 5) is 18.0. The van der Waals surface area contributed by atoms with Crippen molar-refractivity contribution in [3.8, 4) is 11.4 Å². The SMILES string of the molecule is CC(=O)N1CCCc2cc(S(=O)(=O)N(C)Cc3nc(-c4cccc(Cl)c4)no3)ccc21. The van der Waals surface area contributed by atoms with Crippen LogP contribution in [0.2, 0.25) is 5.02 Å². The number of halogens is 1. The van der Waals surface area contributed by atoms with Gasteiger partial charge in [-0.3, -0.25) is 4.79 Å². The molecule has 0 saturated carbocycles. The lowest BCUT2D eigenvalue weighted by Crippen LogP contribution is -2.34. The molecule has 0 unspecified atom stereocenters. The van der Waals surface area contributed by atoms with Crippen LogP contribution >= 0.6 is 11.6 Å². The van der Waals surface area contributed by atoms with E-state index < -0.39 is 10.0 Å². The predicted octanol–water partition coefficient (Wildman–Crippen LogP) is 3.51. The van der Waals surface area contributed by atoms with Gasteiger partial charge < -0.3 is 9.42 Å². The topological polar surface area (TPSA) is 96.6 Å². The highest BCUT2D eigenvalue weighted by Crippen LogP contribution is 2.30. The van der Waals surface area contributed by atoms with Crippen LogP contribution in [0.1, 0.15) is 24.8 Å². The van der Waals surface area contributed by atoms with Crippen molar-refractivity contribution in [1.82, 2.24) is 14.4 Å². The molecule has 0 bridgehead atoms. The van der Waals surface area contributed by atoms with Gasteiger partial charge in [0.2, 0.25) is 27.6 Å². The molecule has 0 N–H and O–H groups in total. The lowest BCUT2D eigenvalue weighted by atomic mass is 10.0. The molecule has 10 heteroatoms. The molecular formula is C21H21ClN4O4S. The number of carbonyl (C=O) groups is 1. The lowest BCUT2D eigenvalue weighted by molar-refractivity contribution is -0.116. The van der Waals surface area contributed by atoms with Gasteiger partial charge in [0.15, 0.2) is 0 Å². The Morgan fingerprint density at radius 3 is 2.81 bits per heavy atom. The van der Waals surface area contributed by atoms with E-state index in [9.17, 15) is 13.2 Å². The van der Waals surface area contributed by atoms with Gasteiger partial charge in [-0.05, 0) is 48.7 Å². The fourth-order valence-electron chi connectivity index (χ4n) is 3.58. The van der Waals surface area contributed by atoms with Crippen molar-refractivity contribution in [3.05, 3.63) is 58.9 Å². The van der Waals surface area contributed by atoms with Gasteiger partial charge in [-0.1, -0.05) is 28.9 Å². The number of amides is 1. The summed E-state index contributed by atoms with van der Waals surface area (Å²) in [5.41, 5.74) is 2.29. The molecule has 2 aromatic carbocycles. The zero-order chi connectivity index (χ0) is 22.2. The molecule has 1 aromatic heterocycles. The Labute approximate surface area is 185 Å². The minimum Gasteiger partial charge on any atom is -0.338 e. The third-order valence-electron chi connectivity index (χ3n) is 5.17. The van der Waals surface area contributed by atoms with Gasteiger partial charge in [0.05, 0.1) is 11.4 Å². The standard InChI is InChI=1S/C21H21ClN4O4S/c1-14(27)26-10-4-6-15-12-18(8-9-19(15)26)31(28,29)25(2)13-20-23-21(24-30-20)16-5-3-7-17(22)11-16/h3,5,7-9,11-12H,4,6,10,13H2,1-2H3. The van der Waals surface area contributed by atoms with Gasteiger partial charge >= 0.3 is 0 Å². The molecule has 3 aromatic rings. The van der Waals surface area contributed by atoms with Crippen LogP contribution in [0.5, 0.6) is 0 Å². The number of carbonyl (C=O) groups excluding carboxylic acids is 1. The van der Waals surface area contributed by atoms with Crippen molar-refractivity contribution in [2.75, 3.05) is 18.5 Å². The molecule has 0 saturated heterocycles. The summed E-state index contributed by atoms with van der Waals surface area (Å²) in [5.74, 6) is 0.448. The van der Waals surface area contributed by atoms with Crippen molar-refractivity contribution in [3.63, 3.8) is 0 Å². The number of hydrogen-bond donors (Lipinski definition) is 0. The van der Waals surface area contributed by atoms with Crippen LogP contribution in [0.4, 0.5) is 5.69 Å². The fraction of sp³-hybridized carbons (Fsp3) is 0.286. The second-order valence-corrected chi connectivity index (χ2v) is 9.83. The Balaban J connectivity index is 1.55. The van der Waals surface area contributed by atoms with Crippen molar-refractivity contribution >= 4 is 33.2 Å². The number of fused-ring (bicyclic) bond motifs is 1. The Kier molecular flexibility index (Phi) is 5.83. The van der Waals surface area contributed by atoms with E-state index in [2.05, 4.69) is 10.1 Å². The second kappa shape index (κ2) is 8.41. The third kappa shape index (κ3) is 4.34. The first-order valence-corrected chi connectivity index (χ1v) is 11.5. The van der Waals surface area contributed by atoms with Crippen LogP contribution in [0.25, 0.3) is 11.4 Å². The molecular weight excluding hydrogens is 440 g/mol. The summed E-state index contributed by atoms with van der Waals surface area (Å²) in [6.07, 6.45) is 1.51. The van der Waals surface area contributed by atoms with Crippen LogP contribution in [-0.4, -0.2) is 42.4 Å². The van der Waals surface area contributed by atoms with E-state index in [1.165, 1.54) is 20.0 Å². The molecule has 0 aliphatic carbocycles. The van der Waals surface area contributed by atoms with E-state index in [0.29, 0.717) is 23.0 Å². The molecule has 31 heavy (non-hydrogen) atoms. The summed E-state index contributed by atoms with van der Waals surface area (Å²) < 4.78 is 32.6. The molecule has 8 nitrogen and oxygen atoms in total. The van der Waals surface area contributed by atoms with Gasteiger partial charge in [-0.2, -0.15) is 9.29 Å². The van der Waals surface area contributed by atoms with Crippen LogP contribution in [-0.2, 0) is 27.8 Å². The highest BCUT2D eigenvalue weighted by molar-refractivity contribution is 7.89. The monoisotopic (exact) mass is 460 g/mol. The zero-order valence-electron chi connectivity index (χ0n) is 17.1. The van der Waals surface area contributed by atoms with Gasteiger partial charge in [-0.15, -0.1) is 0 Å². The maximum absolute atomic E-state index is 13.1. The van der Waals surface area contributed by atoms with E-state index in [1.54, 1.807) is 41.3 Å². The molecule has 162 valence electrons. The maximum Gasteiger partial charge on any atom is 0.243 e. The quantitative estimate of drug-likeness (QED) is 0.578. The first-order valence-electron chi connectivity index (χ1n) is 9.71. The average molecular weight is 461 g/mol. The number of nitrogens with zero attached hydrogens (tertiary/aromatic N) is 4. The summed E-state index contributed by atoms with van der Waals surface area (Å²) in [7, 11) is -2.33. The molecule has 0 radical (unpaired) electrons. The molecule has 0 spiro atoms. The minimum absolute atomic E-state index is 0.0550. The normalized spacial score (nSPS) is 14.0. The number of sulfonamides is 1. The molecule has 1 aliphatic rings. The Morgan fingerprint density at radius 1 is 1.26 bits per heavy atom. The fourth-order valence-corrected chi connectivity index (χ4v) is 4.94. The highest BCUT2D eigenvalue weighted by atomic mass is 35.5. The summed E-state index contributed by atoms with van der Waals surface area (Å²) >= 11 is 5.99. The first kappa shape index (κ1) is 21.5. The van der Waals surface area contributed by atoms with E-state index in [0.717, 1.165) is 28.4 Å². The van der Waals surface area contributed by atoms with Crippen molar-refractivity contribution in [2.24, 2.45) is 0 Å². The van der Waals surface area contributed by atoms with Gasteiger partial charge in [0.25, 0.3) is 0 Å². The van der Waals surface area contributed by atoms with Gasteiger partial charge in [0.1, 0.15) is 0 Å². The Morgan fingerprint density at radius 2 is 2.06 bits per heavy atom. The van der Waals surface area contributed by atoms with Crippen molar-refractivity contribution in [1.29, 1.82) is 0 Å². The maximum atomic E-state index is 13.1. The van der Waals surface area contributed by atoms with E-state index >= 15 is 0 Å². The molecule has 1 amide bonds. The number of benzene rings is 2. The number of anilines is 1. The summed E-state index contributed by atoms with van der Waals surface area (Å²) in [6, 6.07) is 11.9. The number of rotatable bonds is 5. The van der Waals surface area contributed by atoms with Crippen LogP contribution in [0.3, 0.4) is 0 Å².